The summed E-state index contributed by atoms with van der Waals surface area (Å²) in [5, 5.41) is 9.78. The van der Waals surface area contributed by atoms with Crippen molar-refractivity contribution in [3.8, 4) is 17.2 Å². The van der Waals surface area contributed by atoms with Gasteiger partial charge in [-0.25, -0.2) is 0 Å². The first-order chi connectivity index (χ1) is 13.6. The van der Waals surface area contributed by atoms with Crippen molar-refractivity contribution in [1.29, 1.82) is 5.26 Å². The zero-order valence-electron chi connectivity index (χ0n) is 17.9. The Morgan fingerprint density at radius 2 is 1.79 bits per heavy atom. The molecule has 0 aliphatic carbocycles. The number of nitrogens with zero attached hydrogens (tertiary/aromatic N) is 3. The number of esters is 1. The van der Waals surface area contributed by atoms with Crippen LogP contribution in [0.3, 0.4) is 0 Å². The molecule has 0 saturated heterocycles. The van der Waals surface area contributed by atoms with Crippen LogP contribution < -0.4 is 4.90 Å². The van der Waals surface area contributed by atoms with E-state index in [0.29, 0.717) is 11.4 Å². The summed E-state index contributed by atoms with van der Waals surface area (Å²) in [4.78, 5) is 14.1. The first-order valence-corrected chi connectivity index (χ1v) is 9.65. The lowest BCUT2D eigenvalue weighted by Gasteiger charge is -2.25. The standard InChI is InChI=1S/C24H27N3O2/c1-16-7-9-18(10-8-16)19-12-20-11-17(2)21(13-25)23(27(20)14-19)26(6)15-22(28)29-24(3,4)5/h7-12,14H,15H2,1-6H3. The fraction of sp³-hybridized carbons (Fsp3) is 0.333. The number of carbonyl (C=O) groups excluding carboxylic acids is 1. The Kier molecular flexibility index (Phi) is 5.39. The topological polar surface area (TPSA) is 57.7 Å². The van der Waals surface area contributed by atoms with Crippen LogP contribution in [-0.4, -0.2) is 29.6 Å². The Morgan fingerprint density at radius 3 is 2.38 bits per heavy atom. The largest absolute Gasteiger partial charge is 0.459 e. The van der Waals surface area contributed by atoms with Gasteiger partial charge in [-0.1, -0.05) is 29.8 Å². The highest BCUT2D eigenvalue weighted by Crippen LogP contribution is 2.30. The number of nitriles is 1. The third-order valence-electron chi connectivity index (χ3n) is 4.70. The van der Waals surface area contributed by atoms with E-state index in [9.17, 15) is 10.1 Å². The zero-order chi connectivity index (χ0) is 21.3. The summed E-state index contributed by atoms with van der Waals surface area (Å²) in [6.07, 6.45) is 2.02. The van der Waals surface area contributed by atoms with Gasteiger partial charge in [0.1, 0.15) is 24.0 Å². The van der Waals surface area contributed by atoms with Gasteiger partial charge in [0.25, 0.3) is 0 Å². The van der Waals surface area contributed by atoms with Gasteiger partial charge in [0.15, 0.2) is 0 Å². The van der Waals surface area contributed by atoms with Crippen molar-refractivity contribution >= 4 is 17.3 Å². The Morgan fingerprint density at radius 1 is 1.14 bits per heavy atom. The Bertz CT molecular complexity index is 1100. The maximum atomic E-state index is 12.4. The number of fused-ring (bicyclic) bond motifs is 1. The average Bonchev–Trinajstić information content (AvgIpc) is 3.02. The monoisotopic (exact) mass is 389 g/mol. The van der Waals surface area contributed by atoms with E-state index < -0.39 is 5.60 Å². The highest BCUT2D eigenvalue weighted by atomic mass is 16.6. The lowest BCUT2D eigenvalue weighted by Crippen LogP contribution is -2.34. The molecule has 0 aliphatic rings. The molecule has 5 nitrogen and oxygen atoms in total. The molecule has 0 radical (unpaired) electrons. The number of aromatic nitrogens is 1. The second kappa shape index (κ2) is 7.63. The molecule has 29 heavy (non-hydrogen) atoms. The minimum atomic E-state index is -0.552. The highest BCUT2D eigenvalue weighted by Gasteiger charge is 2.22. The van der Waals surface area contributed by atoms with Crippen LogP contribution in [0, 0.1) is 25.2 Å². The predicted octanol–water partition coefficient (Wildman–Crippen LogP) is 4.87. The van der Waals surface area contributed by atoms with E-state index in [1.165, 1.54) is 5.56 Å². The Hall–Kier alpha value is -3.26. The number of pyridine rings is 1. The number of anilines is 1. The fourth-order valence-electron chi connectivity index (χ4n) is 3.42. The van der Waals surface area contributed by atoms with Crippen molar-refractivity contribution in [2.24, 2.45) is 0 Å². The van der Waals surface area contributed by atoms with Gasteiger partial charge in [-0.05, 0) is 57.9 Å². The first kappa shape index (κ1) is 20.5. The summed E-state index contributed by atoms with van der Waals surface area (Å²) in [5.41, 5.74) is 5.22. The van der Waals surface area contributed by atoms with E-state index in [1.807, 2.05) is 51.4 Å². The van der Waals surface area contributed by atoms with Crippen molar-refractivity contribution in [2.75, 3.05) is 18.5 Å². The number of hydrogen-bond acceptors (Lipinski definition) is 4. The van der Waals surface area contributed by atoms with Crippen LogP contribution in [0.1, 0.15) is 37.5 Å². The molecular weight excluding hydrogens is 362 g/mol. The Balaban J connectivity index is 2.08. The van der Waals surface area contributed by atoms with Gasteiger partial charge < -0.3 is 14.0 Å². The summed E-state index contributed by atoms with van der Waals surface area (Å²) in [5.74, 6) is 0.358. The summed E-state index contributed by atoms with van der Waals surface area (Å²) in [6, 6.07) is 14.7. The maximum absolute atomic E-state index is 12.4. The third kappa shape index (κ3) is 4.43. The van der Waals surface area contributed by atoms with E-state index in [4.69, 9.17) is 4.74 Å². The molecule has 0 amide bonds. The maximum Gasteiger partial charge on any atom is 0.326 e. The van der Waals surface area contributed by atoms with E-state index in [0.717, 1.165) is 22.2 Å². The van der Waals surface area contributed by atoms with E-state index in [1.54, 1.807) is 4.90 Å². The van der Waals surface area contributed by atoms with Crippen LogP contribution in [0.15, 0.2) is 42.6 Å². The van der Waals surface area contributed by atoms with Crippen molar-refractivity contribution in [2.45, 2.75) is 40.2 Å². The second-order valence-corrected chi connectivity index (χ2v) is 8.47. The van der Waals surface area contributed by atoms with Crippen molar-refractivity contribution in [3.63, 3.8) is 0 Å². The number of aryl methyl sites for hydroxylation is 2. The first-order valence-electron chi connectivity index (χ1n) is 9.65. The molecule has 150 valence electrons. The zero-order valence-corrected chi connectivity index (χ0v) is 17.9. The molecule has 0 unspecified atom stereocenters. The minimum absolute atomic E-state index is 0.0581. The summed E-state index contributed by atoms with van der Waals surface area (Å²) < 4.78 is 7.44. The number of likely N-dealkylation sites (N-methyl/N-ethyl adjacent to an activating group) is 1. The molecule has 1 aromatic carbocycles. The molecule has 0 saturated carbocycles. The van der Waals surface area contributed by atoms with E-state index in [-0.39, 0.29) is 12.5 Å². The molecular formula is C24H27N3O2. The lowest BCUT2D eigenvalue weighted by molar-refractivity contribution is -0.152. The average molecular weight is 389 g/mol. The molecule has 2 aromatic heterocycles. The fourth-order valence-corrected chi connectivity index (χ4v) is 3.42. The van der Waals surface area contributed by atoms with Crippen LogP contribution in [0.25, 0.3) is 16.6 Å². The molecule has 5 heteroatoms. The van der Waals surface area contributed by atoms with Gasteiger partial charge in [0.2, 0.25) is 0 Å². The summed E-state index contributed by atoms with van der Waals surface area (Å²) >= 11 is 0. The molecule has 0 atom stereocenters. The molecule has 0 aliphatic heterocycles. The molecule has 0 spiro atoms. The van der Waals surface area contributed by atoms with E-state index >= 15 is 0 Å². The van der Waals surface area contributed by atoms with Crippen molar-refractivity contribution in [3.05, 3.63) is 59.3 Å². The molecule has 2 heterocycles. The van der Waals surface area contributed by atoms with Gasteiger partial charge in [0.05, 0.1) is 5.56 Å². The Labute approximate surface area is 172 Å². The van der Waals surface area contributed by atoms with Gasteiger partial charge >= 0.3 is 5.97 Å². The van der Waals surface area contributed by atoms with Crippen LogP contribution >= 0.6 is 0 Å². The van der Waals surface area contributed by atoms with Gasteiger partial charge in [-0.3, -0.25) is 4.79 Å². The normalized spacial score (nSPS) is 11.3. The summed E-state index contributed by atoms with van der Waals surface area (Å²) in [7, 11) is 1.81. The number of hydrogen-bond donors (Lipinski definition) is 0. The van der Waals surface area contributed by atoms with Crippen molar-refractivity contribution < 1.29 is 9.53 Å². The highest BCUT2D eigenvalue weighted by molar-refractivity contribution is 5.79. The number of rotatable bonds is 4. The van der Waals surface area contributed by atoms with Gasteiger partial charge in [-0.2, -0.15) is 5.26 Å². The summed E-state index contributed by atoms with van der Waals surface area (Å²) in [6.45, 7) is 9.57. The van der Waals surface area contributed by atoms with Gasteiger partial charge in [0, 0.05) is 24.3 Å². The van der Waals surface area contributed by atoms with E-state index in [2.05, 4.69) is 43.3 Å². The molecule has 3 aromatic rings. The van der Waals surface area contributed by atoms with Crippen LogP contribution in [0.2, 0.25) is 0 Å². The van der Waals surface area contributed by atoms with Crippen LogP contribution in [0.4, 0.5) is 5.82 Å². The predicted molar refractivity (Wildman–Crippen MR) is 116 cm³/mol. The van der Waals surface area contributed by atoms with Crippen molar-refractivity contribution in [1.82, 2.24) is 4.40 Å². The quantitative estimate of drug-likeness (QED) is 0.597. The molecule has 0 fully saturated rings. The van der Waals surface area contributed by atoms with Crippen LogP contribution in [-0.2, 0) is 9.53 Å². The number of carbonyl (C=O) groups is 1. The molecule has 3 rings (SSSR count). The van der Waals surface area contributed by atoms with Gasteiger partial charge in [-0.15, -0.1) is 0 Å². The molecule has 0 bridgehead atoms. The SMILES string of the molecule is Cc1ccc(-c2cc3cc(C)c(C#N)c(N(C)CC(=O)OC(C)(C)C)n3c2)cc1. The number of benzene rings is 1. The smallest absolute Gasteiger partial charge is 0.326 e. The minimum Gasteiger partial charge on any atom is -0.459 e. The molecule has 0 N–H and O–H groups in total. The second-order valence-electron chi connectivity index (χ2n) is 8.47. The number of ether oxygens (including phenoxy) is 1. The van der Waals surface area contributed by atoms with Crippen LogP contribution in [0.5, 0.6) is 0 Å². The lowest BCUT2D eigenvalue weighted by atomic mass is 10.1. The third-order valence-corrected chi connectivity index (χ3v) is 4.70.